The average molecular weight is 397 g/mol. The van der Waals surface area contributed by atoms with Crippen molar-refractivity contribution in [1.29, 1.82) is 0 Å². The summed E-state index contributed by atoms with van der Waals surface area (Å²) in [5.74, 6) is 0.642. The highest BCUT2D eigenvalue weighted by molar-refractivity contribution is 7.14. The van der Waals surface area contributed by atoms with E-state index < -0.39 is 0 Å². The van der Waals surface area contributed by atoms with E-state index in [1.54, 1.807) is 55.0 Å². The SMILES string of the molecule is COc1ccc(OC)c(NC(=O)Cc2csc(NC(=O)c3ccccc3)n2)c1. The number of nitrogens with one attached hydrogen (secondary N) is 2. The number of anilines is 2. The van der Waals surface area contributed by atoms with E-state index in [2.05, 4.69) is 15.6 Å². The lowest BCUT2D eigenvalue weighted by Crippen LogP contribution is -2.15. The monoisotopic (exact) mass is 397 g/mol. The number of carbonyl (C=O) groups is 2. The Kier molecular flexibility index (Phi) is 6.23. The van der Waals surface area contributed by atoms with Gasteiger partial charge in [0.05, 0.1) is 32.0 Å². The first-order valence-electron chi connectivity index (χ1n) is 8.41. The Morgan fingerprint density at radius 1 is 1.04 bits per heavy atom. The molecule has 3 aromatic rings. The molecule has 1 aromatic heterocycles. The second kappa shape index (κ2) is 9.01. The predicted molar refractivity (Wildman–Crippen MR) is 108 cm³/mol. The molecule has 28 heavy (non-hydrogen) atoms. The molecule has 0 saturated carbocycles. The van der Waals surface area contributed by atoms with Crippen LogP contribution in [0.5, 0.6) is 11.5 Å². The average Bonchev–Trinajstić information content (AvgIpc) is 3.15. The molecule has 0 bridgehead atoms. The van der Waals surface area contributed by atoms with Gasteiger partial charge in [-0.3, -0.25) is 14.9 Å². The summed E-state index contributed by atoms with van der Waals surface area (Å²) in [6, 6.07) is 14.0. The van der Waals surface area contributed by atoms with Crippen LogP contribution < -0.4 is 20.1 Å². The van der Waals surface area contributed by atoms with E-state index in [9.17, 15) is 9.59 Å². The number of thiazole rings is 1. The van der Waals surface area contributed by atoms with Crippen LogP contribution in [0.1, 0.15) is 16.1 Å². The van der Waals surface area contributed by atoms with Gasteiger partial charge in [0, 0.05) is 17.0 Å². The number of aromatic nitrogens is 1. The lowest BCUT2D eigenvalue weighted by molar-refractivity contribution is -0.115. The molecule has 0 atom stereocenters. The van der Waals surface area contributed by atoms with Crippen LogP contribution in [-0.4, -0.2) is 31.0 Å². The molecule has 8 heteroatoms. The van der Waals surface area contributed by atoms with Crippen molar-refractivity contribution >= 4 is 34.0 Å². The maximum atomic E-state index is 12.4. The summed E-state index contributed by atoms with van der Waals surface area (Å²) in [5, 5.41) is 7.71. The molecule has 3 rings (SSSR count). The maximum Gasteiger partial charge on any atom is 0.257 e. The highest BCUT2D eigenvalue weighted by Crippen LogP contribution is 2.29. The Labute approximate surface area is 166 Å². The van der Waals surface area contributed by atoms with E-state index >= 15 is 0 Å². The van der Waals surface area contributed by atoms with Crippen LogP contribution in [0.4, 0.5) is 10.8 Å². The number of rotatable bonds is 7. The van der Waals surface area contributed by atoms with Crippen LogP contribution in [0.3, 0.4) is 0 Å². The number of carbonyl (C=O) groups excluding carboxylic acids is 2. The molecule has 7 nitrogen and oxygen atoms in total. The number of hydrogen-bond acceptors (Lipinski definition) is 6. The van der Waals surface area contributed by atoms with Gasteiger partial charge in [0.2, 0.25) is 5.91 Å². The first-order valence-corrected chi connectivity index (χ1v) is 9.29. The number of nitrogens with zero attached hydrogens (tertiary/aromatic N) is 1. The van der Waals surface area contributed by atoms with E-state index in [0.717, 1.165) is 0 Å². The van der Waals surface area contributed by atoms with Gasteiger partial charge in [-0.1, -0.05) is 18.2 Å². The van der Waals surface area contributed by atoms with E-state index in [4.69, 9.17) is 9.47 Å². The topological polar surface area (TPSA) is 89.5 Å². The minimum atomic E-state index is -0.252. The molecule has 0 spiro atoms. The van der Waals surface area contributed by atoms with E-state index in [0.29, 0.717) is 33.6 Å². The van der Waals surface area contributed by atoms with Crippen molar-refractivity contribution < 1.29 is 19.1 Å². The largest absolute Gasteiger partial charge is 0.497 e. The molecule has 0 saturated heterocycles. The van der Waals surface area contributed by atoms with Gasteiger partial charge in [-0.25, -0.2) is 4.98 Å². The number of benzene rings is 2. The number of ether oxygens (including phenoxy) is 2. The Bertz CT molecular complexity index is 973. The normalized spacial score (nSPS) is 10.2. The van der Waals surface area contributed by atoms with Gasteiger partial charge in [0.15, 0.2) is 5.13 Å². The van der Waals surface area contributed by atoms with Crippen LogP contribution in [0, 0.1) is 0 Å². The van der Waals surface area contributed by atoms with Crippen molar-refractivity contribution in [1.82, 2.24) is 4.98 Å². The van der Waals surface area contributed by atoms with Crippen LogP contribution >= 0.6 is 11.3 Å². The second-order valence-electron chi connectivity index (χ2n) is 5.76. The van der Waals surface area contributed by atoms with Crippen molar-refractivity contribution in [3.63, 3.8) is 0 Å². The fourth-order valence-electron chi connectivity index (χ4n) is 2.48. The molecular formula is C20H19N3O4S. The Morgan fingerprint density at radius 2 is 1.82 bits per heavy atom. The summed E-state index contributed by atoms with van der Waals surface area (Å²) in [6.07, 6.45) is 0.0675. The lowest BCUT2D eigenvalue weighted by atomic mass is 10.2. The van der Waals surface area contributed by atoms with Crippen molar-refractivity contribution in [2.75, 3.05) is 24.9 Å². The third-order valence-electron chi connectivity index (χ3n) is 3.83. The maximum absolute atomic E-state index is 12.4. The third-order valence-corrected chi connectivity index (χ3v) is 4.64. The Morgan fingerprint density at radius 3 is 2.54 bits per heavy atom. The second-order valence-corrected chi connectivity index (χ2v) is 6.61. The van der Waals surface area contributed by atoms with Gasteiger partial charge < -0.3 is 14.8 Å². The third kappa shape index (κ3) is 4.86. The van der Waals surface area contributed by atoms with Gasteiger partial charge in [-0.15, -0.1) is 11.3 Å². The van der Waals surface area contributed by atoms with Crippen molar-refractivity contribution in [3.8, 4) is 11.5 Å². The zero-order chi connectivity index (χ0) is 19.9. The first kappa shape index (κ1) is 19.4. The standard InChI is InChI=1S/C20H19N3O4S/c1-26-15-8-9-17(27-2)16(11-15)22-18(24)10-14-12-28-20(21-14)23-19(25)13-6-4-3-5-7-13/h3-9,11-12H,10H2,1-2H3,(H,22,24)(H,21,23,25). The molecule has 1 heterocycles. The minimum Gasteiger partial charge on any atom is -0.497 e. The highest BCUT2D eigenvalue weighted by atomic mass is 32.1. The van der Waals surface area contributed by atoms with Gasteiger partial charge in [0.1, 0.15) is 11.5 Å². The smallest absolute Gasteiger partial charge is 0.257 e. The molecule has 2 aromatic carbocycles. The number of methoxy groups -OCH3 is 2. The Balaban J connectivity index is 1.62. The fourth-order valence-corrected chi connectivity index (χ4v) is 3.18. The summed E-state index contributed by atoms with van der Waals surface area (Å²) in [7, 11) is 3.08. The van der Waals surface area contributed by atoms with Crippen molar-refractivity contribution in [2.24, 2.45) is 0 Å². The van der Waals surface area contributed by atoms with Crippen molar-refractivity contribution in [3.05, 3.63) is 65.2 Å². The van der Waals surface area contributed by atoms with Crippen LogP contribution in [0.25, 0.3) is 0 Å². The molecule has 144 valence electrons. The lowest BCUT2D eigenvalue weighted by Gasteiger charge is -2.11. The van der Waals surface area contributed by atoms with Gasteiger partial charge in [-0.2, -0.15) is 0 Å². The summed E-state index contributed by atoms with van der Waals surface area (Å²) < 4.78 is 10.4. The molecule has 2 amide bonds. The molecule has 0 unspecified atom stereocenters. The summed E-state index contributed by atoms with van der Waals surface area (Å²) in [5.41, 5.74) is 1.62. The van der Waals surface area contributed by atoms with Crippen LogP contribution in [0.2, 0.25) is 0 Å². The molecule has 0 aliphatic rings. The minimum absolute atomic E-state index is 0.0675. The molecule has 2 N–H and O–H groups in total. The van der Waals surface area contributed by atoms with E-state index in [1.165, 1.54) is 18.4 Å². The van der Waals surface area contributed by atoms with Crippen LogP contribution in [0.15, 0.2) is 53.9 Å². The van der Waals surface area contributed by atoms with E-state index in [1.807, 2.05) is 6.07 Å². The highest BCUT2D eigenvalue weighted by Gasteiger charge is 2.13. The van der Waals surface area contributed by atoms with E-state index in [-0.39, 0.29) is 18.2 Å². The molecule has 0 fully saturated rings. The molecular weight excluding hydrogens is 378 g/mol. The first-order chi connectivity index (χ1) is 13.6. The molecule has 0 aliphatic heterocycles. The summed E-state index contributed by atoms with van der Waals surface area (Å²) >= 11 is 1.27. The van der Waals surface area contributed by atoms with Gasteiger partial charge in [-0.05, 0) is 24.3 Å². The fraction of sp³-hybridized carbons (Fsp3) is 0.150. The predicted octanol–water partition coefficient (Wildman–Crippen LogP) is 3.59. The number of hydrogen-bond donors (Lipinski definition) is 2. The number of amides is 2. The molecule has 0 radical (unpaired) electrons. The molecule has 0 aliphatic carbocycles. The van der Waals surface area contributed by atoms with Gasteiger partial charge in [0.25, 0.3) is 5.91 Å². The zero-order valence-electron chi connectivity index (χ0n) is 15.4. The van der Waals surface area contributed by atoms with Crippen LogP contribution in [-0.2, 0) is 11.2 Å². The zero-order valence-corrected chi connectivity index (χ0v) is 16.2. The summed E-state index contributed by atoms with van der Waals surface area (Å²) in [4.78, 5) is 28.8. The summed E-state index contributed by atoms with van der Waals surface area (Å²) in [6.45, 7) is 0. The van der Waals surface area contributed by atoms with Gasteiger partial charge >= 0.3 is 0 Å². The van der Waals surface area contributed by atoms with Crippen molar-refractivity contribution in [2.45, 2.75) is 6.42 Å². The quantitative estimate of drug-likeness (QED) is 0.636. The Hall–Kier alpha value is -3.39.